The second-order valence-corrected chi connectivity index (χ2v) is 9.17. The fourth-order valence-electron chi connectivity index (χ4n) is 3.95. The van der Waals surface area contributed by atoms with E-state index >= 15 is 0 Å². The lowest BCUT2D eigenvalue weighted by atomic mass is 9.99. The zero-order valence-electron chi connectivity index (χ0n) is 17.4. The van der Waals surface area contributed by atoms with Gasteiger partial charge in [0.25, 0.3) is 0 Å². The highest BCUT2D eigenvalue weighted by Crippen LogP contribution is 2.40. The van der Waals surface area contributed by atoms with Crippen molar-refractivity contribution in [3.63, 3.8) is 0 Å². The second kappa shape index (κ2) is 8.62. The maximum atomic E-state index is 9.93. The van der Waals surface area contributed by atoms with Crippen molar-refractivity contribution in [1.82, 2.24) is 4.98 Å². The van der Waals surface area contributed by atoms with E-state index in [1.807, 2.05) is 30.5 Å². The van der Waals surface area contributed by atoms with Crippen LogP contribution in [0.1, 0.15) is 24.0 Å². The van der Waals surface area contributed by atoms with Crippen LogP contribution in [-0.2, 0) is 13.0 Å². The normalized spacial score (nSPS) is 13.5. The molecular weight excluding hydrogens is 441 g/mol. The number of nitrogens with one attached hydrogen (secondary N) is 1. The van der Waals surface area contributed by atoms with E-state index in [9.17, 15) is 5.11 Å². The molecule has 1 heterocycles. The highest BCUT2D eigenvalue weighted by molar-refractivity contribution is 6.37. The first-order chi connectivity index (χ1) is 15.5. The Morgan fingerprint density at radius 2 is 1.69 bits per heavy atom. The van der Waals surface area contributed by atoms with E-state index in [-0.39, 0.29) is 15.8 Å². The van der Waals surface area contributed by atoms with Crippen LogP contribution in [0.5, 0.6) is 5.75 Å². The molecule has 6 heteroatoms. The number of aromatic hydroxyl groups is 1. The summed E-state index contributed by atoms with van der Waals surface area (Å²) in [5.74, 6) is 0.627. The van der Waals surface area contributed by atoms with E-state index in [4.69, 9.17) is 33.9 Å². The summed E-state index contributed by atoms with van der Waals surface area (Å²) in [5.41, 5.74) is 12.8. The minimum Gasteiger partial charge on any atom is -0.505 e. The summed E-state index contributed by atoms with van der Waals surface area (Å²) in [4.78, 5) is 4.73. The molecule has 162 valence electrons. The summed E-state index contributed by atoms with van der Waals surface area (Å²) < 4.78 is 0. The lowest BCUT2D eigenvalue weighted by Gasteiger charge is -2.16. The first-order valence-electron chi connectivity index (χ1n) is 10.7. The van der Waals surface area contributed by atoms with Crippen molar-refractivity contribution in [3.8, 4) is 16.9 Å². The number of benzene rings is 3. The lowest BCUT2D eigenvalue weighted by molar-refractivity contribution is 0.476. The van der Waals surface area contributed by atoms with Gasteiger partial charge in [-0.25, -0.2) is 0 Å². The van der Waals surface area contributed by atoms with E-state index in [0.717, 1.165) is 51.3 Å². The molecule has 1 saturated carbocycles. The standard InChI is InChI=1S/C26H23Cl2N3O/c27-22-11-18(12-23(28)26(22)32)17-5-8-24-21(10-17)25(19(14-30-24)9-15-1-2-15)31-20-6-3-16(13-29)4-7-20/h3-8,10-12,14-15,32H,1-2,9,13,29H2,(H,30,31). The average molecular weight is 464 g/mol. The zero-order chi connectivity index (χ0) is 22.2. The predicted octanol–water partition coefficient (Wildman–Crippen LogP) is 7.07. The number of hydrogen-bond acceptors (Lipinski definition) is 4. The molecule has 32 heavy (non-hydrogen) atoms. The Bertz CT molecular complexity index is 1280. The van der Waals surface area contributed by atoms with Crippen LogP contribution in [0.15, 0.2) is 60.8 Å². The molecule has 4 aromatic rings. The van der Waals surface area contributed by atoms with Crippen LogP contribution in [0.3, 0.4) is 0 Å². The Hall–Kier alpha value is -2.79. The van der Waals surface area contributed by atoms with E-state index < -0.39 is 0 Å². The van der Waals surface area contributed by atoms with Crippen molar-refractivity contribution in [2.75, 3.05) is 5.32 Å². The molecule has 1 aliphatic carbocycles. The Morgan fingerprint density at radius 1 is 0.969 bits per heavy atom. The molecule has 5 rings (SSSR count). The number of halogens is 2. The fraction of sp³-hybridized carbons (Fsp3) is 0.192. The van der Waals surface area contributed by atoms with Crippen molar-refractivity contribution < 1.29 is 5.11 Å². The fourth-order valence-corrected chi connectivity index (χ4v) is 4.44. The molecule has 0 aliphatic heterocycles. The third kappa shape index (κ3) is 4.26. The Labute approximate surface area is 197 Å². The van der Waals surface area contributed by atoms with Gasteiger partial charge in [-0.05, 0) is 83.8 Å². The van der Waals surface area contributed by atoms with Crippen LogP contribution in [0.2, 0.25) is 10.0 Å². The van der Waals surface area contributed by atoms with E-state index in [1.165, 1.54) is 18.4 Å². The third-order valence-electron chi connectivity index (χ3n) is 5.96. The van der Waals surface area contributed by atoms with Gasteiger partial charge in [0.15, 0.2) is 5.75 Å². The number of nitrogens with zero attached hydrogens (tertiary/aromatic N) is 1. The highest BCUT2D eigenvalue weighted by atomic mass is 35.5. The minimum atomic E-state index is -0.102. The zero-order valence-corrected chi connectivity index (χ0v) is 18.9. The first-order valence-corrected chi connectivity index (χ1v) is 11.4. The predicted molar refractivity (Wildman–Crippen MR) is 133 cm³/mol. The Kier molecular flexibility index (Phi) is 5.68. The van der Waals surface area contributed by atoms with Crippen LogP contribution in [-0.4, -0.2) is 10.1 Å². The lowest BCUT2D eigenvalue weighted by Crippen LogP contribution is -2.01. The molecule has 0 spiro atoms. The molecular formula is C26H23Cl2N3O. The molecule has 0 bridgehead atoms. The van der Waals surface area contributed by atoms with Gasteiger partial charge >= 0.3 is 0 Å². The van der Waals surface area contributed by atoms with Crippen LogP contribution >= 0.6 is 23.2 Å². The van der Waals surface area contributed by atoms with Gasteiger partial charge in [0.2, 0.25) is 0 Å². The van der Waals surface area contributed by atoms with Crippen molar-refractivity contribution in [3.05, 3.63) is 82.0 Å². The summed E-state index contributed by atoms with van der Waals surface area (Å²) in [6, 6.07) is 17.7. The molecule has 0 unspecified atom stereocenters. The molecule has 0 saturated heterocycles. The van der Waals surface area contributed by atoms with Crippen LogP contribution in [0, 0.1) is 5.92 Å². The van der Waals surface area contributed by atoms with Gasteiger partial charge in [0.05, 0.1) is 21.2 Å². The number of nitrogens with two attached hydrogens (primary N) is 1. The second-order valence-electron chi connectivity index (χ2n) is 8.35. The number of anilines is 2. The Balaban J connectivity index is 1.63. The van der Waals surface area contributed by atoms with Crippen molar-refractivity contribution in [2.45, 2.75) is 25.8 Å². The van der Waals surface area contributed by atoms with E-state index in [1.54, 1.807) is 12.1 Å². The molecule has 4 nitrogen and oxygen atoms in total. The Morgan fingerprint density at radius 3 is 2.34 bits per heavy atom. The van der Waals surface area contributed by atoms with Gasteiger partial charge in [-0.15, -0.1) is 0 Å². The van der Waals surface area contributed by atoms with Gasteiger partial charge in [-0.1, -0.05) is 41.4 Å². The van der Waals surface area contributed by atoms with Crippen molar-refractivity contribution >= 4 is 45.5 Å². The molecule has 0 radical (unpaired) electrons. The SMILES string of the molecule is NCc1ccc(Nc2c(CC3CC3)cnc3ccc(-c4cc(Cl)c(O)c(Cl)c4)cc23)cc1. The highest BCUT2D eigenvalue weighted by Gasteiger charge is 2.24. The summed E-state index contributed by atoms with van der Waals surface area (Å²) in [6.45, 7) is 0.520. The minimum absolute atomic E-state index is 0.102. The van der Waals surface area contributed by atoms with E-state index in [2.05, 4.69) is 23.5 Å². The molecule has 1 aromatic heterocycles. The molecule has 0 amide bonds. The van der Waals surface area contributed by atoms with Crippen molar-refractivity contribution in [1.29, 1.82) is 0 Å². The molecule has 0 atom stereocenters. The van der Waals surface area contributed by atoms with Gasteiger partial charge < -0.3 is 16.2 Å². The maximum Gasteiger partial charge on any atom is 0.152 e. The summed E-state index contributed by atoms with van der Waals surface area (Å²) in [7, 11) is 0. The number of pyridine rings is 1. The van der Waals surface area contributed by atoms with Gasteiger partial charge in [-0.3, -0.25) is 4.98 Å². The number of phenols is 1. The maximum absolute atomic E-state index is 9.93. The quantitative estimate of drug-likeness (QED) is 0.285. The molecule has 3 aromatic carbocycles. The molecule has 1 aliphatic rings. The van der Waals surface area contributed by atoms with Gasteiger partial charge in [0.1, 0.15) is 0 Å². The monoisotopic (exact) mass is 463 g/mol. The van der Waals surface area contributed by atoms with Gasteiger partial charge in [-0.2, -0.15) is 0 Å². The van der Waals surface area contributed by atoms with Crippen LogP contribution in [0.4, 0.5) is 11.4 Å². The smallest absolute Gasteiger partial charge is 0.152 e. The summed E-state index contributed by atoms with van der Waals surface area (Å²) in [6.07, 6.45) is 5.54. The number of hydrogen-bond donors (Lipinski definition) is 3. The number of aromatic nitrogens is 1. The summed E-state index contributed by atoms with van der Waals surface area (Å²) in [5, 5.41) is 15.1. The topological polar surface area (TPSA) is 71.2 Å². The third-order valence-corrected chi connectivity index (χ3v) is 6.54. The van der Waals surface area contributed by atoms with Gasteiger partial charge in [0, 0.05) is 23.8 Å². The summed E-state index contributed by atoms with van der Waals surface area (Å²) >= 11 is 12.3. The molecule has 1 fully saturated rings. The number of phenolic OH excluding ortho intramolecular Hbond substituents is 1. The first kappa shape index (κ1) is 21.1. The van der Waals surface area contributed by atoms with Crippen molar-refractivity contribution in [2.24, 2.45) is 11.7 Å². The number of rotatable bonds is 6. The largest absolute Gasteiger partial charge is 0.505 e. The number of fused-ring (bicyclic) bond motifs is 1. The van der Waals surface area contributed by atoms with Crippen LogP contribution < -0.4 is 11.1 Å². The van der Waals surface area contributed by atoms with E-state index in [0.29, 0.717) is 6.54 Å². The average Bonchev–Trinajstić information content (AvgIpc) is 3.63. The van der Waals surface area contributed by atoms with Crippen LogP contribution in [0.25, 0.3) is 22.0 Å². The molecule has 4 N–H and O–H groups in total.